The summed E-state index contributed by atoms with van der Waals surface area (Å²) >= 11 is 0. The summed E-state index contributed by atoms with van der Waals surface area (Å²) < 4.78 is 24.8. The van der Waals surface area contributed by atoms with Crippen LogP contribution in [0, 0.1) is 11.3 Å². The van der Waals surface area contributed by atoms with E-state index in [0.29, 0.717) is 45.8 Å². The Morgan fingerprint density at radius 2 is 1.91 bits per heavy atom. The van der Waals surface area contributed by atoms with Crippen LogP contribution in [0.5, 0.6) is 0 Å². The third-order valence-electron chi connectivity index (χ3n) is 5.81. The number of hydrogen-bond acceptors (Lipinski definition) is 6. The van der Waals surface area contributed by atoms with Crippen LogP contribution in [0.15, 0.2) is 59.8 Å². The van der Waals surface area contributed by atoms with Crippen LogP contribution in [0.1, 0.15) is 35.3 Å². The van der Waals surface area contributed by atoms with Gasteiger partial charge in [0.1, 0.15) is 5.52 Å². The zero-order valence-electron chi connectivity index (χ0n) is 17.9. The second kappa shape index (κ2) is 7.53. The summed E-state index contributed by atoms with van der Waals surface area (Å²) in [5.74, 6) is -0.251. The van der Waals surface area contributed by atoms with Crippen molar-refractivity contribution in [2.45, 2.75) is 30.5 Å². The molecule has 0 saturated carbocycles. The molecule has 164 valence electrons. The molecule has 1 N–H and O–H groups in total. The van der Waals surface area contributed by atoms with E-state index < -0.39 is 15.1 Å². The van der Waals surface area contributed by atoms with Gasteiger partial charge in [0.2, 0.25) is 0 Å². The predicted octanol–water partition coefficient (Wildman–Crippen LogP) is 3.84. The number of aromatic nitrogens is 3. The minimum absolute atomic E-state index is 0.251. The highest BCUT2D eigenvalue weighted by Gasteiger charge is 2.32. The maximum atomic E-state index is 13.1. The Labute approximate surface area is 190 Å². The smallest absolute Gasteiger partial charge is 0.260 e. The van der Waals surface area contributed by atoms with Crippen LogP contribution in [0.3, 0.4) is 0 Å². The highest BCUT2D eigenvalue weighted by molar-refractivity contribution is 7.92. The van der Waals surface area contributed by atoms with Gasteiger partial charge in [0.15, 0.2) is 15.5 Å². The van der Waals surface area contributed by atoms with Gasteiger partial charge in [-0.3, -0.25) is 4.79 Å². The topological polar surface area (TPSA) is 120 Å². The number of amides is 1. The number of nitriles is 1. The lowest BCUT2D eigenvalue weighted by molar-refractivity contribution is 0.0996. The lowest BCUT2D eigenvalue weighted by Crippen LogP contribution is -2.23. The maximum absolute atomic E-state index is 13.1. The normalized spacial score (nSPS) is 13.5. The number of rotatable bonds is 4. The number of anilines is 1. The van der Waals surface area contributed by atoms with Gasteiger partial charge in [0, 0.05) is 11.8 Å². The number of benzene rings is 2. The number of carbonyl (C=O) groups excluding carboxylic acids is 1. The van der Waals surface area contributed by atoms with Crippen LogP contribution in [0.2, 0.25) is 0 Å². The predicted molar refractivity (Wildman–Crippen MR) is 123 cm³/mol. The maximum Gasteiger partial charge on any atom is 0.260 e. The van der Waals surface area contributed by atoms with Gasteiger partial charge in [-0.05, 0) is 37.6 Å². The molecular weight excluding hydrogens is 438 g/mol. The molecule has 0 aliphatic carbocycles. The van der Waals surface area contributed by atoms with Gasteiger partial charge < -0.3 is 9.88 Å². The van der Waals surface area contributed by atoms with E-state index in [9.17, 15) is 18.5 Å². The summed E-state index contributed by atoms with van der Waals surface area (Å²) in [6.07, 6.45) is 3.28. The Morgan fingerprint density at radius 1 is 1.15 bits per heavy atom. The first-order valence-electron chi connectivity index (χ1n) is 10.3. The van der Waals surface area contributed by atoms with E-state index >= 15 is 0 Å². The van der Waals surface area contributed by atoms with Gasteiger partial charge in [-0.25, -0.2) is 18.4 Å². The second-order valence-electron chi connectivity index (χ2n) is 8.09. The van der Waals surface area contributed by atoms with Gasteiger partial charge in [0.05, 0.1) is 51.5 Å². The van der Waals surface area contributed by atoms with Crippen molar-refractivity contribution < 1.29 is 13.2 Å². The molecule has 1 amide bonds. The highest BCUT2D eigenvalue weighted by Crippen LogP contribution is 2.34. The molecule has 0 fully saturated rings. The number of H-pyrrole nitrogens is 1. The van der Waals surface area contributed by atoms with E-state index in [2.05, 4.69) is 16.0 Å². The Hall–Kier alpha value is -4.03. The van der Waals surface area contributed by atoms with Crippen LogP contribution >= 0.6 is 0 Å². The molecule has 33 heavy (non-hydrogen) atoms. The van der Waals surface area contributed by atoms with Crippen molar-refractivity contribution in [3.05, 3.63) is 71.5 Å². The van der Waals surface area contributed by atoms with E-state index in [1.54, 1.807) is 67.5 Å². The largest absolute Gasteiger partial charge is 0.343 e. The first kappa shape index (κ1) is 20.8. The van der Waals surface area contributed by atoms with Crippen LogP contribution in [0.4, 0.5) is 5.69 Å². The van der Waals surface area contributed by atoms with Gasteiger partial charge in [-0.2, -0.15) is 5.26 Å². The molecule has 2 aromatic carbocycles. The fourth-order valence-electron chi connectivity index (χ4n) is 3.96. The van der Waals surface area contributed by atoms with Crippen molar-refractivity contribution in [1.29, 1.82) is 5.26 Å². The summed E-state index contributed by atoms with van der Waals surface area (Å²) in [5.41, 5.74) is 4.44. The monoisotopic (exact) mass is 457 g/mol. The fourth-order valence-corrected chi connectivity index (χ4v) is 5.02. The van der Waals surface area contributed by atoms with Crippen molar-refractivity contribution in [3.63, 3.8) is 0 Å². The summed E-state index contributed by atoms with van der Waals surface area (Å²) in [7, 11) is -3.37. The molecule has 1 aliphatic heterocycles. The second-order valence-corrected chi connectivity index (χ2v) is 10.6. The summed E-state index contributed by atoms with van der Waals surface area (Å²) in [6.45, 7) is 3.63. The van der Waals surface area contributed by atoms with Crippen molar-refractivity contribution >= 4 is 32.6 Å². The van der Waals surface area contributed by atoms with Gasteiger partial charge >= 0.3 is 0 Å². The molecule has 1 aliphatic rings. The third-order valence-corrected chi connectivity index (χ3v) is 7.98. The Bertz CT molecular complexity index is 1560. The average molecular weight is 458 g/mol. The van der Waals surface area contributed by atoms with Crippen molar-refractivity contribution in [2.24, 2.45) is 0 Å². The minimum atomic E-state index is -3.37. The van der Waals surface area contributed by atoms with Gasteiger partial charge in [-0.1, -0.05) is 24.3 Å². The average Bonchev–Trinajstić information content (AvgIpc) is 3.39. The van der Waals surface area contributed by atoms with Crippen molar-refractivity contribution in [2.75, 3.05) is 4.90 Å². The molecule has 0 radical (unpaired) electrons. The Kier molecular flexibility index (Phi) is 4.76. The van der Waals surface area contributed by atoms with E-state index in [0.717, 1.165) is 5.56 Å². The number of nitrogens with one attached hydrogen (secondary N) is 1. The number of sulfone groups is 1. The van der Waals surface area contributed by atoms with E-state index in [1.807, 2.05) is 6.07 Å². The summed E-state index contributed by atoms with van der Waals surface area (Å²) in [5, 5.41) is 8.87. The number of nitrogens with zero attached hydrogens (tertiary/aromatic N) is 4. The quantitative estimate of drug-likeness (QED) is 0.497. The van der Waals surface area contributed by atoms with E-state index in [-0.39, 0.29) is 10.8 Å². The first-order valence-corrected chi connectivity index (χ1v) is 11.9. The molecular formula is C24H19N5O3S. The van der Waals surface area contributed by atoms with E-state index in [1.165, 1.54) is 0 Å². The number of carbonyl (C=O) groups is 1. The molecule has 3 heterocycles. The lowest BCUT2D eigenvalue weighted by Gasteiger charge is -2.14. The van der Waals surface area contributed by atoms with Crippen LogP contribution < -0.4 is 4.90 Å². The molecule has 0 atom stereocenters. The molecule has 9 heteroatoms. The van der Waals surface area contributed by atoms with Crippen molar-refractivity contribution in [3.8, 4) is 17.3 Å². The summed E-state index contributed by atoms with van der Waals surface area (Å²) in [4.78, 5) is 27.2. The molecule has 0 unspecified atom stereocenters. The zero-order chi connectivity index (χ0) is 23.3. The Balaban J connectivity index is 1.54. The molecule has 0 saturated heterocycles. The summed E-state index contributed by atoms with van der Waals surface area (Å²) in [6, 6.07) is 13.9. The molecule has 0 bridgehead atoms. The standard InChI is InChI=1S/C24H19N5O3S/c1-14(2)33(31,32)18-8-6-15(7-9-18)19-11-26-23-22(28-19)20(12-27-23)29-13-17-5-3-4-16(10-25)21(17)24(29)30/h3-9,11-12,14H,13H2,1-2H3,(H,26,27). The van der Waals surface area contributed by atoms with Crippen LogP contribution in [-0.4, -0.2) is 34.5 Å². The van der Waals surface area contributed by atoms with Crippen LogP contribution in [0.25, 0.3) is 22.4 Å². The zero-order valence-corrected chi connectivity index (χ0v) is 18.7. The minimum Gasteiger partial charge on any atom is -0.343 e. The third kappa shape index (κ3) is 3.27. The van der Waals surface area contributed by atoms with Gasteiger partial charge in [-0.15, -0.1) is 0 Å². The van der Waals surface area contributed by atoms with E-state index in [4.69, 9.17) is 4.98 Å². The Morgan fingerprint density at radius 3 is 2.61 bits per heavy atom. The molecule has 8 nitrogen and oxygen atoms in total. The van der Waals surface area contributed by atoms with Crippen molar-refractivity contribution in [1.82, 2.24) is 15.0 Å². The molecule has 0 spiro atoms. The molecule has 2 aromatic heterocycles. The molecule has 4 aromatic rings. The van der Waals surface area contributed by atoms with Gasteiger partial charge in [0.25, 0.3) is 5.91 Å². The number of aromatic amines is 1. The first-order chi connectivity index (χ1) is 15.8. The fraction of sp³-hybridized carbons (Fsp3) is 0.167. The lowest BCUT2D eigenvalue weighted by atomic mass is 10.0. The highest BCUT2D eigenvalue weighted by atomic mass is 32.2. The number of hydrogen-bond donors (Lipinski definition) is 1. The van der Waals surface area contributed by atoms with Crippen LogP contribution in [-0.2, 0) is 16.4 Å². The molecule has 5 rings (SSSR count). The SMILES string of the molecule is CC(C)S(=O)(=O)c1ccc(-c2cnc3[nH]cc(N4Cc5cccc(C#N)c5C4=O)c3n2)cc1. The number of fused-ring (bicyclic) bond motifs is 2.